The lowest BCUT2D eigenvalue weighted by atomic mass is 10.0. The number of hydrogen-bond acceptors (Lipinski definition) is 3. The van der Waals surface area contributed by atoms with Crippen LogP contribution in [0, 0.1) is 12.8 Å². The second-order valence-electron chi connectivity index (χ2n) is 5.25. The van der Waals surface area contributed by atoms with E-state index < -0.39 is 0 Å². The average molecular weight is 279 g/mol. The molecule has 1 unspecified atom stereocenters. The fraction of sp³-hybridized carbons (Fsp3) is 0.562. The van der Waals surface area contributed by atoms with E-state index in [1.54, 1.807) is 12.1 Å². The summed E-state index contributed by atoms with van der Waals surface area (Å²) in [7, 11) is 0. The molecule has 0 aliphatic carbocycles. The molecule has 0 fully saturated rings. The number of benzene rings is 1. The average Bonchev–Trinajstić information content (AvgIpc) is 2.40. The van der Waals surface area contributed by atoms with Gasteiger partial charge in [-0.15, -0.1) is 0 Å². The Morgan fingerprint density at radius 1 is 1.40 bits per heavy atom. The van der Waals surface area contributed by atoms with Crippen molar-refractivity contribution in [2.24, 2.45) is 5.92 Å². The standard InChI is InChI=1S/C16H25NO3/c1-5-20-15-10-13(7-6-12(15)4)16(19)17-14(8-9-18)11(2)3/h6-7,10-11,14,18H,5,8-9H2,1-4H3,(H,17,19). The molecule has 4 nitrogen and oxygen atoms in total. The van der Waals surface area contributed by atoms with Crippen molar-refractivity contribution in [1.82, 2.24) is 5.32 Å². The van der Waals surface area contributed by atoms with Gasteiger partial charge < -0.3 is 15.2 Å². The number of aryl methyl sites for hydroxylation is 1. The molecule has 112 valence electrons. The number of nitrogens with one attached hydrogen (secondary N) is 1. The van der Waals surface area contributed by atoms with Gasteiger partial charge in [0.05, 0.1) is 6.61 Å². The fourth-order valence-electron chi connectivity index (χ4n) is 2.02. The predicted octanol–water partition coefficient (Wildman–Crippen LogP) is 2.53. The first kappa shape index (κ1) is 16.5. The zero-order chi connectivity index (χ0) is 15.1. The maximum Gasteiger partial charge on any atom is 0.251 e. The first-order chi connectivity index (χ1) is 9.49. The van der Waals surface area contributed by atoms with Gasteiger partial charge in [0.1, 0.15) is 5.75 Å². The van der Waals surface area contributed by atoms with Crippen LogP contribution in [0.5, 0.6) is 5.75 Å². The largest absolute Gasteiger partial charge is 0.494 e. The second kappa shape index (κ2) is 7.90. The maximum absolute atomic E-state index is 12.3. The molecule has 0 aliphatic heterocycles. The van der Waals surface area contributed by atoms with Gasteiger partial charge >= 0.3 is 0 Å². The predicted molar refractivity (Wildman–Crippen MR) is 80.1 cm³/mol. The molecule has 0 aromatic heterocycles. The van der Waals surface area contributed by atoms with Crippen molar-refractivity contribution in [1.29, 1.82) is 0 Å². The molecular formula is C16H25NO3. The third kappa shape index (κ3) is 4.53. The SMILES string of the molecule is CCOc1cc(C(=O)NC(CCO)C(C)C)ccc1C. The quantitative estimate of drug-likeness (QED) is 0.806. The number of rotatable bonds is 7. The first-order valence-corrected chi connectivity index (χ1v) is 7.14. The molecule has 0 saturated carbocycles. The van der Waals surface area contributed by atoms with Crippen molar-refractivity contribution in [3.63, 3.8) is 0 Å². The molecule has 1 aromatic rings. The number of carbonyl (C=O) groups is 1. The van der Waals surface area contributed by atoms with E-state index in [4.69, 9.17) is 9.84 Å². The van der Waals surface area contributed by atoms with Gasteiger partial charge in [0.15, 0.2) is 0 Å². The summed E-state index contributed by atoms with van der Waals surface area (Å²) in [5, 5.41) is 12.0. The zero-order valence-corrected chi connectivity index (χ0v) is 12.8. The lowest BCUT2D eigenvalue weighted by Gasteiger charge is -2.21. The molecule has 0 spiro atoms. The topological polar surface area (TPSA) is 58.6 Å². The Morgan fingerprint density at radius 2 is 2.10 bits per heavy atom. The van der Waals surface area contributed by atoms with Gasteiger partial charge in [0.25, 0.3) is 5.91 Å². The number of ether oxygens (including phenoxy) is 1. The molecule has 2 N–H and O–H groups in total. The molecule has 1 atom stereocenters. The van der Waals surface area contributed by atoms with E-state index in [0.717, 1.165) is 11.3 Å². The minimum Gasteiger partial charge on any atom is -0.494 e. The highest BCUT2D eigenvalue weighted by molar-refractivity contribution is 5.94. The fourth-order valence-corrected chi connectivity index (χ4v) is 2.02. The molecule has 1 aromatic carbocycles. The van der Waals surface area contributed by atoms with Crippen molar-refractivity contribution < 1.29 is 14.6 Å². The Balaban J connectivity index is 2.83. The van der Waals surface area contributed by atoms with Gasteiger partial charge in [0, 0.05) is 18.2 Å². The number of amides is 1. The maximum atomic E-state index is 12.3. The monoisotopic (exact) mass is 279 g/mol. The summed E-state index contributed by atoms with van der Waals surface area (Å²) in [5.41, 5.74) is 1.60. The molecule has 0 saturated heterocycles. The van der Waals surface area contributed by atoms with Gasteiger partial charge in [-0.05, 0) is 43.9 Å². The van der Waals surface area contributed by atoms with Crippen molar-refractivity contribution in [3.8, 4) is 5.75 Å². The van der Waals surface area contributed by atoms with Gasteiger partial charge in [-0.3, -0.25) is 4.79 Å². The number of aliphatic hydroxyl groups is 1. The molecule has 0 heterocycles. The molecule has 20 heavy (non-hydrogen) atoms. The third-order valence-corrected chi connectivity index (χ3v) is 3.31. The van der Waals surface area contributed by atoms with Gasteiger partial charge in [0.2, 0.25) is 0 Å². The van der Waals surface area contributed by atoms with E-state index in [1.165, 1.54) is 0 Å². The van der Waals surface area contributed by atoms with E-state index in [-0.39, 0.29) is 24.5 Å². The Hall–Kier alpha value is -1.55. The summed E-state index contributed by atoms with van der Waals surface area (Å²) in [4.78, 5) is 12.3. The Labute approximate surface area is 121 Å². The number of hydrogen-bond donors (Lipinski definition) is 2. The van der Waals surface area contributed by atoms with Crippen LogP contribution >= 0.6 is 0 Å². The van der Waals surface area contributed by atoms with Crippen LogP contribution in [-0.4, -0.2) is 30.3 Å². The van der Waals surface area contributed by atoms with Gasteiger partial charge in [-0.2, -0.15) is 0 Å². The van der Waals surface area contributed by atoms with Gasteiger partial charge in [-0.25, -0.2) is 0 Å². The normalized spacial score (nSPS) is 12.3. The van der Waals surface area contributed by atoms with E-state index in [9.17, 15) is 4.79 Å². The lowest BCUT2D eigenvalue weighted by molar-refractivity contribution is 0.0916. The molecule has 4 heteroatoms. The summed E-state index contributed by atoms with van der Waals surface area (Å²) in [6.45, 7) is 8.58. The molecule has 0 aliphatic rings. The van der Waals surface area contributed by atoms with E-state index in [1.807, 2.05) is 33.8 Å². The van der Waals surface area contributed by atoms with Crippen molar-refractivity contribution in [2.75, 3.05) is 13.2 Å². The van der Waals surface area contributed by atoms with Crippen LogP contribution in [0.1, 0.15) is 43.1 Å². The Kier molecular flexibility index (Phi) is 6.52. The Morgan fingerprint density at radius 3 is 2.65 bits per heavy atom. The molecule has 0 bridgehead atoms. The van der Waals surface area contributed by atoms with Crippen LogP contribution in [0.4, 0.5) is 0 Å². The highest BCUT2D eigenvalue weighted by atomic mass is 16.5. The summed E-state index contributed by atoms with van der Waals surface area (Å²) < 4.78 is 5.51. The summed E-state index contributed by atoms with van der Waals surface area (Å²) in [6.07, 6.45) is 0.563. The van der Waals surface area contributed by atoms with Crippen molar-refractivity contribution in [3.05, 3.63) is 29.3 Å². The zero-order valence-electron chi connectivity index (χ0n) is 12.8. The van der Waals surface area contributed by atoms with E-state index >= 15 is 0 Å². The van der Waals surface area contributed by atoms with E-state index in [0.29, 0.717) is 18.6 Å². The highest BCUT2D eigenvalue weighted by Crippen LogP contribution is 2.20. The Bertz CT molecular complexity index is 443. The van der Waals surface area contributed by atoms with Crippen LogP contribution < -0.4 is 10.1 Å². The minimum atomic E-state index is -0.127. The summed E-state index contributed by atoms with van der Waals surface area (Å²) in [5.74, 6) is 0.893. The molecule has 1 rings (SSSR count). The van der Waals surface area contributed by atoms with Crippen molar-refractivity contribution >= 4 is 5.91 Å². The van der Waals surface area contributed by atoms with Crippen LogP contribution in [-0.2, 0) is 0 Å². The lowest BCUT2D eigenvalue weighted by Crippen LogP contribution is -2.39. The second-order valence-corrected chi connectivity index (χ2v) is 5.25. The summed E-state index contributed by atoms with van der Waals surface area (Å²) in [6, 6.07) is 5.43. The minimum absolute atomic E-state index is 0.0238. The van der Waals surface area contributed by atoms with Crippen molar-refractivity contribution in [2.45, 2.75) is 40.2 Å². The molecular weight excluding hydrogens is 254 g/mol. The van der Waals surface area contributed by atoms with Crippen LogP contribution in [0.3, 0.4) is 0 Å². The number of carbonyl (C=O) groups excluding carboxylic acids is 1. The smallest absolute Gasteiger partial charge is 0.251 e. The highest BCUT2D eigenvalue weighted by Gasteiger charge is 2.17. The summed E-state index contributed by atoms with van der Waals surface area (Å²) >= 11 is 0. The third-order valence-electron chi connectivity index (χ3n) is 3.31. The van der Waals surface area contributed by atoms with Crippen LogP contribution in [0.15, 0.2) is 18.2 Å². The molecule has 0 radical (unpaired) electrons. The molecule has 1 amide bonds. The van der Waals surface area contributed by atoms with Gasteiger partial charge in [-0.1, -0.05) is 19.9 Å². The van der Waals surface area contributed by atoms with Crippen LogP contribution in [0.2, 0.25) is 0 Å². The van der Waals surface area contributed by atoms with Crippen LogP contribution in [0.25, 0.3) is 0 Å². The first-order valence-electron chi connectivity index (χ1n) is 7.14. The van der Waals surface area contributed by atoms with E-state index in [2.05, 4.69) is 5.32 Å². The number of aliphatic hydroxyl groups excluding tert-OH is 1.